The zero-order valence-corrected chi connectivity index (χ0v) is 13.6. The maximum atomic E-state index is 12.5. The van der Waals surface area contributed by atoms with E-state index < -0.39 is 0 Å². The Kier molecular flexibility index (Phi) is 4.52. The molecule has 1 heterocycles. The molecule has 0 saturated heterocycles. The van der Waals surface area contributed by atoms with E-state index in [1.807, 2.05) is 61.5 Å². The van der Waals surface area contributed by atoms with Gasteiger partial charge in [0.25, 0.3) is 5.91 Å². The van der Waals surface area contributed by atoms with Gasteiger partial charge in [0.2, 0.25) is 5.95 Å². The Bertz CT molecular complexity index is 832. The zero-order chi connectivity index (χ0) is 16.9. The van der Waals surface area contributed by atoms with Crippen LogP contribution in [-0.4, -0.2) is 22.9 Å². The first-order valence-corrected chi connectivity index (χ1v) is 7.63. The van der Waals surface area contributed by atoms with Crippen molar-refractivity contribution in [3.05, 3.63) is 78.1 Å². The van der Waals surface area contributed by atoms with Crippen molar-refractivity contribution in [2.45, 2.75) is 6.92 Å². The van der Waals surface area contributed by atoms with Gasteiger partial charge in [-0.1, -0.05) is 36.4 Å². The quantitative estimate of drug-likeness (QED) is 0.795. The maximum Gasteiger partial charge on any atom is 0.261 e. The summed E-state index contributed by atoms with van der Waals surface area (Å²) < 4.78 is 0. The highest BCUT2D eigenvalue weighted by Crippen LogP contribution is 2.18. The summed E-state index contributed by atoms with van der Waals surface area (Å²) in [4.78, 5) is 22.6. The molecule has 0 atom stereocenters. The molecule has 1 aromatic heterocycles. The van der Waals surface area contributed by atoms with Gasteiger partial charge < -0.3 is 10.2 Å². The first kappa shape index (κ1) is 15.7. The summed E-state index contributed by atoms with van der Waals surface area (Å²) in [6, 6.07) is 17.4. The van der Waals surface area contributed by atoms with E-state index in [1.54, 1.807) is 11.9 Å². The fraction of sp³-hybridized carbons (Fsp3) is 0.105. The van der Waals surface area contributed by atoms with Crippen molar-refractivity contribution < 1.29 is 4.79 Å². The van der Waals surface area contributed by atoms with E-state index in [2.05, 4.69) is 15.3 Å². The van der Waals surface area contributed by atoms with Crippen molar-refractivity contribution in [1.82, 2.24) is 9.97 Å². The largest absolute Gasteiger partial charge is 0.324 e. The first-order chi connectivity index (χ1) is 11.6. The molecular weight excluding hydrogens is 300 g/mol. The fourth-order valence-corrected chi connectivity index (χ4v) is 2.30. The molecule has 0 bridgehead atoms. The van der Waals surface area contributed by atoms with Gasteiger partial charge in [-0.05, 0) is 30.7 Å². The summed E-state index contributed by atoms with van der Waals surface area (Å²) in [6.07, 6.45) is 3.07. The van der Waals surface area contributed by atoms with E-state index in [4.69, 9.17) is 0 Å². The summed E-state index contributed by atoms with van der Waals surface area (Å²) in [5.74, 6) is 0.312. The molecule has 5 nitrogen and oxygen atoms in total. The van der Waals surface area contributed by atoms with Crippen molar-refractivity contribution in [3.63, 3.8) is 0 Å². The van der Waals surface area contributed by atoms with Crippen LogP contribution < -0.4 is 10.2 Å². The van der Waals surface area contributed by atoms with Gasteiger partial charge in [-0.2, -0.15) is 0 Å². The lowest BCUT2D eigenvalue weighted by molar-refractivity contribution is 0.0992. The van der Waals surface area contributed by atoms with E-state index >= 15 is 0 Å². The van der Waals surface area contributed by atoms with Gasteiger partial charge in [0.15, 0.2) is 0 Å². The Morgan fingerprint density at radius 3 is 2.25 bits per heavy atom. The molecule has 3 aromatic rings. The molecular formula is C19H18N4O. The maximum absolute atomic E-state index is 12.5. The van der Waals surface area contributed by atoms with Gasteiger partial charge in [0.05, 0.1) is 5.56 Å². The Balaban J connectivity index is 1.75. The summed E-state index contributed by atoms with van der Waals surface area (Å²) in [6.45, 7) is 2.01. The predicted molar refractivity (Wildman–Crippen MR) is 95.7 cm³/mol. The van der Waals surface area contributed by atoms with Crippen LogP contribution in [0.25, 0.3) is 0 Å². The van der Waals surface area contributed by atoms with Crippen molar-refractivity contribution >= 4 is 23.2 Å². The lowest BCUT2D eigenvalue weighted by Crippen LogP contribution is -2.26. The molecule has 1 amide bonds. The number of amides is 1. The lowest BCUT2D eigenvalue weighted by Gasteiger charge is -2.17. The van der Waals surface area contributed by atoms with Crippen LogP contribution >= 0.6 is 0 Å². The number of nitrogens with one attached hydrogen (secondary N) is 1. The molecule has 0 unspecified atom stereocenters. The van der Waals surface area contributed by atoms with Crippen molar-refractivity contribution in [2.24, 2.45) is 0 Å². The number of carbonyl (C=O) groups is 1. The van der Waals surface area contributed by atoms with Gasteiger partial charge in [0, 0.05) is 30.8 Å². The number of rotatable bonds is 4. The summed E-state index contributed by atoms with van der Waals surface area (Å²) >= 11 is 0. The molecule has 2 aromatic carbocycles. The number of para-hydroxylation sites is 2. The second-order valence-electron chi connectivity index (χ2n) is 5.43. The molecule has 0 spiro atoms. The van der Waals surface area contributed by atoms with Crippen LogP contribution in [-0.2, 0) is 0 Å². The summed E-state index contributed by atoms with van der Waals surface area (Å²) in [5.41, 5.74) is 3.31. The summed E-state index contributed by atoms with van der Waals surface area (Å²) in [5, 5.41) is 3.15. The third-order valence-electron chi connectivity index (χ3n) is 3.74. The monoisotopic (exact) mass is 318 g/mol. The molecule has 0 aliphatic heterocycles. The summed E-state index contributed by atoms with van der Waals surface area (Å²) in [7, 11) is 1.73. The highest BCUT2D eigenvalue weighted by atomic mass is 16.2. The molecule has 120 valence electrons. The van der Waals surface area contributed by atoms with Gasteiger partial charge in [-0.25, -0.2) is 9.97 Å². The van der Waals surface area contributed by atoms with E-state index in [0.29, 0.717) is 11.5 Å². The highest BCUT2D eigenvalue weighted by Gasteiger charge is 2.14. The average molecular weight is 318 g/mol. The van der Waals surface area contributed by atoms with Crippen LogP contribution in [0, 0.1) is 6.92 Å². The first-order valence-electron chi connectivity index (χ1n) is 7.63. The number of hydrogen-bond acceptors (Lipinski definition) is 4. The van der Waals surface area contributed by atoms with Gasteiger partial charge in [0.1, 0.15) is 0 Å². The molecule has 3 rings (SSSR count). The van der Waals surface area contributed by atoms with Crippen LogP contribution in [0.3, 0.4) is 0 Å². The minimum absolute atomic E-state index is 0.149. The van der Waals surface area contributed by atoms with Crippen LogP contribution in [0.2, 0.25) is 0 Å². The molecule has 0 aliphatic rings. The van der Waals surface area contributed by atoms with Crippen LogP contribution in [0.5, 0.6) is 0 Å². The molecule has 0 radical (unpaired) electrons. The van der Waals surface area contributed by atoms with Crippen molar-refractivity contribution in [1.29, 1.82) is 0 Å². The van der Waals surface area contributed by atoms with E-state index in [1.165, 1.54) is 12.4 Å². The average Bonchev–Trinajstić information content (AvgIpc) is 2.64. The Morgan fingerprint density at radius 1 is 0.958 bits per heavy atom. The molecule has 0 aliphatic carbocycles. The van der Waals surface area contributed by atoms with Crippen LogP contribution in [0.15, 0.2) is 67.0 Å². The van der Waals surface area contributed by atoms with Gasteiger partial charge >= 0.3 is 0 Å². The number of nitrogens with zero attached hydrogens (tertiary/aromatic N) is 3. The fourth-order valence-electron chi connectivity index (χ4n) is 2.30. The number of hydrogen-bond donors (Lipinski definition) is 1. The van der Waals surface area contributed by atoms with Gasteiger partial charge in [-0.3, -0.25) is 4.79 Å². The third kappa shape index (κ3) is 3.41. The topological polar surface area (TPSA) is 58.1 Å². The number of aryl methyl sites for hydroxylation is 1. The number of benzene rings is 2. The zero-order valence-electron chi connectivity index (χ0n) is 13.6. The van der Waals surface area contributed by atoms with E-state index in [0.717, 1.165) is 16.9 Å². The van der Waals surface area contributed by atoms with E-state index in [9.17, 15) is 4.79 Å². The predicted octanol–water partition coefficient (Wildman–Crippen LogP) is 3.81. The molecule has 0 fully saturated rings. The minimum Gasteiger partial charge on any atom is -0.324 e. The number of anilines is 3. The molecule has 0 saturated carbocycles. The van der Waals surface area contributed by atoms with Crippen LogP contribution in [0.1, 0.15) is 15.9 Å². The van der Waals surface area contributed by atoms with Gasteiger partial charge in [-0.15, -0.1) is 0 Å². The minimum atomic E-state index is -0.149. The lowest BCUT2D eigenvalue weighted by atomic mass is 10.2. The Labute approximate surface area is 141 Å². The standard InChI is InChI=1S/C19H18N4O/c1-14-8-6-7-11-17(14)22-19-20-12-15(13-21-19)18(24)23(2)16-9-4-3-5-10-16/h3-13H,1-2H3,(H,20,21,22). The molecule has 5 heteroatoms. The van der Waals surface area contributed by atoms with Crippen molar-refractivity contribution in [3.8, 4) is 0 Å². The number of carbonyl (C=O) groups excluding carboxylic acids is 1. The smallest absolute Gasteiger partial charge is 0.261 e. The molecule has 1 N–H and O–H groups in total. The number of aromatic nitrogens is 2. The van der Waals surface area contributed by atoms with Crippen LogP contribution in [0.4, 0.5) is 17.3 Å². The van der Waals surface area contributed by atoms with E-state index in [-0.39, 0.29) is 5.91 Å². The van der Waals surface area contributed by atoms with Crippen molar-refractivity contribution in [2.75, 3.05) is 17.3 Å². The SMILES string of the molecule is Cc1ccccc1Nc1ncc(C(=O)N(C)c2ccccc2)cn1. The highest BCUT2D eigenvalue weighted by molar-refractivity contribution is 6.05. The second-order valence-corrected chi connectivity index (χ2v) is 5.43. The second kappa shape index (κ2) is 6.91. The molecule has 24 heavy (non-hydrogen) atoms. The normalized spacial score (nSPS) is 10.2. The Morgan fingerprint density at radius 2 is 1.58 bits per heavy atom. The Hall–Kier alpha value is -3.21. The third-order valence-corrected chi connectivity index (χ3v) is 3.74.